The number of hydrogen-bond acceptors (Lipinski definition) is 4. The number of fused-ring (bicyclic) bond motifs is 2. The Morgan fingerprint density at radius 2 is 1.94 bits per heavy atom. The van der Waals surface area contributed by atoms with Gasteiger partial charge in [0, 0.05) is 24.6 Å². The van der Waals surface area contributed by atoms with Crippen molar-refractivity contribution in [2.24, 2.45) is 0 Å². The Morgan fingerprint density at radius 1 is 1.15 bits per heavy atom. The highest BCUT2D eigenvalue weighted by Gasteiger charge is 2.54. The molecule has 1 N–H and O–H groups in total. The van der Waals surface area contributed by atoms with E-state index < -0.39 is 5.82 Å². The van der Waals surface area contributed by atoms with Crippen LogP contribution in [0.4, 0.5) is 8.78 Å². The Bertz CT molecular complexity index is 1140. The van der Waals surface area contributed by atoms with E-state index in [4.69, 9.17) is 4.74 Å². The summed E-state index contributed by atoms with van der Waals surface area (Å²) in [5.41, 5.74) is 2.45. The molecule has 2 atom stereocenters. The third-order valence-electron chi connectivity index (χ3n) is 7.12. The Labute approximate surface area is 196 Å². The summed E-state index contributed by atoms with van der Waals surface area (Å²) in [7, 11) is 1.71. The summed E-state index contributed by atoms with van der Waals surface area (Å²) in [6.07, 6.45) is 1.42. The SMILES string of the molecule is CO[C@@H]1[C@@H](NC(=O)c2cccs2)c2ccccc2C12CCN(Cc1cc(F)ccc1F)CC2. The molecular formula is C26H26F2N2O2S. The van der Waals surface area contributed by atoms with Gasteiger partial charge in [-0.25, -0.2) is 8.78 Å². The van der Waals surface area contributed by atoms with Crippen LogP contribution in [0.15, 0.2) is 60.0 Å². The number of nitrogens with zero attached hydrogens (tertiary/aromatic N) is 1. The molecule has 2 heterocycles. The monoisotopic (exact) mass is 468 g/mol. The Morgan fingerprint density at radius 3 is 2.67 bits per heavy atom. The second-order valence-electron chi connectivity index (χ2n) is 8.84. The van der Waals surface area contributed by atoms with Crippen molar-refractivity contribution in [3.8, 4) is 0 Å². The molecular weight excluding hydrogens is 442 g/mol. The van der Waals surface area contributed by atoms with E-state index in [-0.39, 0.29) is 29.3 Å². The first-order valence-corrected chi connectivity index (χ1v) is 12.0. The van der Waals surface area contributed by atoms with Crippen LogP contribution < -0.4 is 5.32 Å². The van der Waals surface area contributed by atoms with E-state index in [1.807, 2.05) is 29.6 Å². The third-order valence-corrected chi connectivity index (χ3v) is 7.98. The lowest BCUT2D eigenvalue weighted by atomic mass is 9.72. The molecule has 1 spiro atoms. The van der Waals surface area contributed by atoms with Gasteiger partial charge in [0.2, 0.25) is 0 Å². The zero-order valence-electron chi connectivity index (χ0n) is 18.4. The second-order valence-corrected chi connectivity index (χ2v) is 9.79. The minimum atomic E-state index is -0.423. The van der Waals surface area contributed by atoms with Crippen molar-refractivity contribution in [1.82, 2.24) is 10.2 Å². The van der Waals surface area contributed by atoms with Crippen molar-refractivity contribution >= 4 is 17.2 Å². The van der Waals surface area contributed by atoms with Crippen LogP contribution >= 0.6 is 11.3 Å². The van der Waals surface area contributed by atoms with E-state index in [9.17, 15) is 13.6 Å². The van der Waals surface area contributed by atoms with Gasteiger partial charge >= 0.3 is 0 Å². The Hall–Kier alpha value is -2.61. The number of likely N-dealkylation sites (tertiary alicyclic amines) is 1. The van der Waals surface area contributed by atoms with Crippen molar-refractivity contribution in [1.29, 1.82) is 0 Å². The van der Waals surface area contributed by atoms with Crippen molar-refractivity contribution < 1.29 is 18.3 Å². The fourth-order valence-corrected chi connectivity index (χ4v) is 6.19. The largest absolute Gasteiger partial charge is 0.378 e. The highest BCUT2D eigenvalue weighted by Crippen LogP contribution is 2.52. The van der Waals surface area contributed by atoms with Crippen LogP contribution in [0.2, 0.25) is 0 Å². The van der Waals surface area contributed by atoms with Gasteiger partial charge in [-0.05, 0) is 66.7 Å². The quantitative estimate of drug-likeness (QED) is 0.569. The smallest absolute Gasteiger partial charge is 0.261 e. The molecule has 3 aromatic rings. The number of methoxy groups -OCH3 is 1. The van der Waals surface area contributed by atoms with Gasteiger partial charge in [0.15, 0.2) is 0 Å². The Kier molecular flexibility index (Phi) is 6.03. The molecule has 1 aliphatic carbocycles. The fraction of sp³-hybridized carbons (Fsp3) is 0.346. The van der Waals surface area contributed by atoms with Gasteiger partial charge in [-0.15, -0.1) is 11.3 Å². The number of nitrogens with one attached hydrogen (secondary N) is 1. The van der Waals surface area contributed by atoms with Crippen LogP contribution in [-0.4, -0.2) is 37.1 Å². The molecule has 1 aliphatic heterocycles. The number of hydrogen-bond donors (Lipinski definition) is 1. The van der Waals surface area contributed by atoms with Crippen LogP contribution in [0.1, 0.15) is 45.2 Å². The first kappa shape index (κ1) is 22.2. The van der Waals surface area contributed by atoms with Crippen LogP contribution in [0.25, 0.3) is 0 Å². The standard InChI is InChI=1S/C26H26F2N2O2S/c1-32-24-23(29-25(31)22-7-4-14-33-22)19-5-2-3-6-20(19)26(24)10-12-30(13-11-26)16-17-15-18(27)8-9-21(17)28/h2-9,14-15,23-24H,10-13,16H2,1H3,(H,29,31)/t23-,24+/m0/s1. The predicted octanol–water partition coefficient (Wildman–Crippen LogP) is 5.06. The molecule has 1 amide bonds. The summed E-state index contributed by atoms with van der Waals surface area (Å²) in [5.74, 6) is -0.898. The van der Waals surface area contributed by atoms with Crippen LogP contribution in [0.3, 0.4) is 0 Å². The van der Waals surface area contributed by atoms with Gasteiger partial charge in [-0.2, -0.15) is 0 Å². The second kappa shape index (κ2) is 8.97. The lowest BCUT2D eigenvalue weighted by Gasteiger charge is -2.44. The molecule has 1 fully saturated rings. The van der Waals surface area contributed by atoms with Gasteiger partial charge in [-0.3, -0.25) is 9.69 Å². The molecule has 172 valence electrons. The summed E-state index contributed by atoms with van der Waals surface area (Å²) in [4.78, 5) is 15.7. The normalized spacial score (nSPS) is 21.8. The van der Waals surface area contributed by atoms with Gasteiger partial charge in [0.05, 0.1) is 17.0 Å². The van der Waals surface area contributed by atoms with Gasteiger partial charge in [0.1, 0.15) is 11.6 Å². The van der Waals surface area contributed by atoms with E-state index in [0.717, 1.165) is 37.6 Å². The number of halogens is 2. The molecule has 4 nitrogen and oxygen atoms in total. The van der Waals surface area contributed by atoms with Crippen LogP contribution in [0, 0.1) is 11.6 Å². The highest BCUT2D eigenvalue weighted by atomic mass is 32.1. The van der Waals surface area contributed by atoms with Crippen molar-refractivity contribution in [3.63, 3.8) is 0 Å². The number of benzene rings is 2. The van der Waals surface area contributed by atoms with E-state index in [1.165, 1.54) is 29.0 Å². The van der Waals surface area contributed by atoms with E-state index in [0.29, 0.717) is 17.0 Å². The number of carbonyl (C=O) groups excluding carboxylic acids is 1. The molecule has 5 rings (SSSR count). The fourth-order valence-electron chi connectivity index (χ4n) is 5.56. The summed E-state index contributed by atoms with van der Waals surface area (Å²) in [5, 5.41) is 5.11. The van der Waals surface area contributed by atoms with E-state index >= 15 is 0 Å². The Balaban J connectivity index is 1.38. The zero-order chi connectivity index (χ0) is 23.0. The number of thiophene rings is 1. The lowest BCUT2D eigenvalue weighted by molar-refractivity contribution is -0.0123. The topological polar surface area (TPSA) is 41.6 Å². The van der Waals surface area contributed by atoms with Gasteiger partial charge < -0.3 is 10.1 Å². The predicted molar refractivity (Wildman–Crippen MR) is 124 cm³/mol. The molecule has 7 heteroatoms. The summed E-state index contributed by atoms with van der Waals surface area (Å²) < 4.78 is 33.9. The van der Waals surface area contributed by atoms with Gasteiger partial charge in [-0.1, -0.05) is 30.3 Å². The average molecular weight is 469 g/mol. The molecule has 0 unspecified atom stereocenters. The zero-order valence-corrected chi connectivity index (χ0v) is 19.2. The third kappa shape index (κ3) is 3.98. The van der Waals surface area contributed by atoms with Crippen molar-refractivity contribution in [2.75, 3.05) is 20.2 Å². The van der Waals surface area contributed by atoms with E-state index in [2.05, 4.69) is 22.3 Å². The van der Waals surface area contributed by atoms with Crippen molar-refractivity contribution in [2.45, 2.75) is 36.9 Å². The molecule has 1 aromatic heterocycles. The minimum absolute atomic E-state index is 0.0945. The number of piperidine rings is 1. The average Bonchev–Trinajstić information content (AvgIpc) is 3.45. The molecule has 1 saturated heterocycles. The van der Waals surface area contributed by atoms with E-state index in [1.54, 1.807) is 7.11 Å². The maximum Gasteiger partial charge on any atom is 0.261 e. The summed E-state index contributed by atoms with van der Waals surface area (Å²) in [6.45, 7) is 1.84. The summed E-state index contributed by atoms with van der Waals surface area (Å²) in [6, 6.07) is 15.3. The highest BCUT2D eigenvalue weighted by molar-refractivity contribution is 7.12. The first-order chi connectivity index (χ1) is 16.0. The van der Waals surface area contributed by atoms with Crippen LogP contribution in [-0.2, 0) is 16.7 Å². The number of ether oxygens (including phenoxy) is 1. The maximum atomic E-state index is 14.2. The number of carbonyl (C=O) groups is 1. The molecule has 2 aliphatic rings. The van der Waals surface area contributed by atoms with Gasteiger partial charge in [0.25, 0.3) is 5.91 Å². The first-order valence-electron chi connectivity index (χ1n) is 11.1. The minimum Gasteiger partial charge on any atom is -0.378 e. The number of rotatable bonds is 5. The molecule has 0 bridgehead atoms. The number of amides is 1. The molecule has 0 saturated carbocycles. The molecule has 33 heavy (non-hydrogen) atoms. The maximum absolute atomic E-state index is 14.2. The summed E-state index contributed by atoms with van der Waals surface area (Å²) >= 11 is 1.42. The molecule has 2 aromatic carbocycles. The lowest BCUT2D eigenvalue weighted by Crippen LogP contribution is -2.50. The van der Waals surface area contributed by atoms with Crippen molar-refractivity contribution in [3.05, 3.63) is 93.2 Å². The van der Waals surface area contributed by atoms with Crippen LogP contribution in [0.5, 0.6) is 0 Å². The molecule has 0 radical (unpaired) electrons.